The van der Waals surface area contributed by atoms with Crippen LogP contribution in [-0.4, -0.2) is 11.6 Å². The SMILES string of the molecule is Cc1ccc(Cl)c2c1NC(=O)C2=Nc1ccc(Oc2ccccc2)cc1. The number of para-hydroxylation sites is 1. The van der Waals surface area contributed by atoms with Gasteiger partial charge in [-0.15, -0.1) is 0 Å². The van der Waals surface area contributed by atoms with Gasteiger partial charge in [0.15, 0.2) is 0 Å². The summed E-state index contributed by atoms with van der Waals surface area (Å²) in [5, 5.41) is 3.35. The molecule has 0 bridgehead atoms. The van der Waals surface area contributed by atoms with Gasteiger partial charge < -0.3 is 10.1 Å². The van der Waals surface area contributed by atoms with Gasteiger partial charge in [0.05, 0.1) is 16.4 Å². The normalized spacial score (nSPS) is 14.2. The number of benzene rings is 3. The molecule has 3 aromatic rings. The highest BCUT2D eigenvalue weighted by Gasteiger charge is 2.29. The van der Waals surface area contributed by atoms with Crippen LogP contribution in [0.2, 0.25) is 5.02 Å². The summed E-state index contributed by atoms with van der Waals surface area (Å²) in [5.41, 5.74) is 3.31. The minimum Gasteiger partial charge on any atom is -0.457 e. The van der Waals surface area contributed by atoms with Crippen molar-refractivity contribution in [2.75, 3.05) is 5.32 Å². The highest BCUT2D eigenvalue weighted by molar-refractivity contribution is 6.57. The lowest BCUT2D eigenvalue weighted by atomic mass is 10.1. The topological polar surface area (TPSA) is 50.7 Å². The first-order chi connectivity index (χ1) is 12.6. The number of amides is 1. The van der Waals surface area contributed by atoms with Crippen molar-refractivity contribution >= 4 is 34.6 Å². The summed E-state index contributed by atoms with van der Waals surface area (Å²) in [7, 11) is 0. The van der Waals surface area contributed by atoms with Gasteiger partial charge in [0.1, 0.15) is 17.2 Å². The molecule has 1 heterocycles. The van der Waals surface area contributed by atoms with Crippen LogP contribution in [0.1, 0.15) is 11.1 Å². The zero-order chi connectivity index (χ0) is 18.1. The van der Waals surface area contributed by atoms with Gasteiger partial charge in [-0.3, -0.25) is 4.79 Å². The Bertz CT molecular complexity index is 1010. The maximum absolute atomic E-state index is 12.3. The highest BCUT2D eigenvalue weighted by Crippen LogP contribution is 2.34. The molecular formula is C21H15ClN2O2. The Hall–Kier alpha value is -3.11. The number of carbonyl (C=O) groups excluding carboxylic acids is 1. The Balaban J connectivity index is 1.64. The van der Waals surface area contributed by atoms with Crippen molar-refractivity contribution in [3.05, 3.63) is 82.9 Å². The Morgan fingerprint density at radius 1 is 0.923 bits per heavy atom. The van der Waals surface area contributed by atoms with E-state index in [-0.39, 0.29) is 5.91 Å². The fourth-order valence-electron chi connectivity index (χ4n) is 2.81. The molecule has 1 aliphatic heterocycles. The smallest absolute Gasteiger partial charge is 0.275 e. The number of aryl methyl sites for hydroxylation is 1. The van der Waals surface area contributed by atoms with E-state index in [0.29, 0.717) is 27.7 Å². The van der Waals surface area contributed by atoms with Gasteiger partial charge in [0.2, 0.25) is 0 Å². The van der Waals surface area contributed by atoms with E-state index in [0.717, 1.165) is 17.0 Å². The van der Waals surface area contributed by atoms with Crippen LogP contribution in [0.3, 0.4) is 0 Å². The monoisotopic (exact) mass is 362 g/mol. The van der Waals surface area contributed by atoms with E-state index in [1.807, 2.05) is 55.5 Å². The Morgan fingerprint density at radius 2 is 1.62 bits per heavy atom. The van der Waals surface area contributed by atoms with E-state index in [9.17, 15) is 4.79 Å². The number of halogens is 1. The maximum atomic E-state index is 12.3. The summed E-state index contributed by atoms with van der Waals surface area (Å²) >= 11 is 6.29. The molecule has 0 saturated carbocycles. The fourth-order valence-corrected chi connectivity index (χ4v) is 3.06. The standard InChI is InChI=1S/C21H15ClN2O2/c1-13-7-12-17(22)18-19(13)24-21(25)20(18)23-14-8-10-16(11-9-14)26-15-5-3-2-4-6-15/h2-12H,1H3,(H,23,24,25). The second-order valence-corrected chi connectivity index (χ2v) is 6.35. The van der Waals surface area contributed by atoms with Crippen LogP contribution in [0.15, 0.2) is 71.7 Å². The van der Waals surface area contributed by atoms with Gasteiger partial charge in [-0.25, -0.2) is 4.99 Å². The molecule has 1 N–H and O–H groups in total. The van der Waals surface area contributed by atoms with Crippen LogP contribution >= 0.6 is 11.6 Å². The van der Waals surface area contributed by atoms with Gasteiger partial charge in [0.25, 0.3) is 5.91 Å². The van der Waals surface area contributed by atoms with Gasteiger partial charge in [-0.1, -0.05) is 35.9 Å². The molecule has 0 saturated heterocycles. The minimum atomic E-state index is -0.249. The van der Waals surface area contributed by atoms with Crippen molar-refractivity contribution in [3.63, 3.8) is 0 Å². The molecule has 0 fully saturated rings. The summed E-state index contributed by atoms with van der Waals surface area (Å²) in [6.07, 6.45) is 0. The Labute approximate surface area is 156 Å². The number of carbonyl (C=O) groups is 1. The number of hydrogen-bond acceptors (Lipinski definition) is 3. The predicted molar refractivity (Wildman–Crippen MR) is 104 cm³/mol. The second kappa shape index (κ2) is 6.65. The lowest BCUT2D eigenvalue weighted by molar-refractivity contribution is -0.110. The number of rotatable bonds is 3. The van der Waals surface area contributed by atoms with E-state index in [2.05, 4.69) is 10.3 Å². The minimum absolute atomic E-state index is 0.249. The first-order valence-electron chi connectivity index (χ1n) is 8.14. The third kappa shape index (κ3) is 3.07. The quantitative estimate of drug-likeness (QED) is 0.667. The Morgan fingerprint density at radius 3 is 2.35 bits per heavy atom. The van der Waals surface area contributed by atoms with Crippen molar-refractivity contribution in [2.24, 2.45) is 4.99 Å². The Kier molecular flexibility index (Phi) is 4.19. The van der Waals surface area contributed by atoms with Crippen LogP contribution in [0, 0.1) is 6.92 Å². The number of fused-ring (bicyclic) bond motifs is 1. The maximum Gasteiger partial charge on any atom is 0.275 e. The summed E-state index contributed by atoms with van der Waals surface area (Å²) < 4.78 is 5.77. The zero-order valence-corrected chi connectivity index (χ0v) is 14.7. The largest absolute Gasteiger partial charge is 0.457 e. The van der Waals surface area contributed by atoms with Gasteiger partial charge in [-0.05, 0) is 55.0 Å². The molecule has 0 aliphatic carbocycles. The van der Waals surface area contributed by atoms with Crippen molar-refractivity contribution in [3.8, 4) is 11.5 Å². The molecule has 0 unspecified atom stereocenters. The number of anilines is 1. The molecule has 0 spiro atoms. The molecule has 128 valence electrons. The lowest BCUT2D eigenvalue weighted by Crippen LogP contribution is -2.14. The van der Waals surface area contributed by atoms with E-state index in [1.165, 1.54) is 0 Å². The molecule has 1 amide bonds. The molecule has 0 radical (unpaired) electrons. The van der Waals surface area contributed by atoms with Crippen LogP contribution in [0.4, 0.5) is 11.4 Å². The average molecular weight is 363 g/mol. The number of hydrogen-bond donors (Lipinski definition) is 1. The van der Waals surface area contributed by atoms with Crippen LogP contribution in [0.5, 0.6) is 11.5 Å². The van der Waals surface area contributed by atoms with E-state index >= 15 is 0 Å². The molecule has 4 rings (SSSR count). The predicted octanol–water partition coefficient (Wildman–Crippen LogP) is 5.51. The van der Waals surface area contributed by atoms with E-state index in [1.54, 1.807) is 18.2 Å². The number of nitrogens with zero attached hydrogens (tertiary/aromatic N) is 1. The van der Waals surface area contributed by atoms with Gasteiger partial charge >= 0.3 is 0 Å². The average Bonchev–Trinajstić information content (AvgIpc) is 2.98. The molecule has 0 aromatic heterocycles. The molecule has 1 aliphatic rings. The molecule has 5 heteroatoms. The van der Waals surface area contributed by atoms with Crippen molar-refractivity contribution in [2.45, 2.75) is 6.92 Å². The third-order valence-corrected chi connectivity index (χ3v) is 4.42. The molecule has 0 atom stereocenters. The van der Waals surface area contributed by atoms with Gasteiger partial charge in [0, 0.05) is 5.56 Å². The molecular weight excluding hydrogens is 348 g/mol. The summed E-state index contributed by atoms with van der Waals surface area (Å²) in [4.78, 5) is 16.8. The summed E-state index contributed by atoms with van der Waals surface area (Å²) in [6.45, 7) is 1.92. The summed E-state index contributed by atoms with van der Waals surface area (Å²) in [6, 6.07) is 20.4. The second-order valence-electron chi connectivity index (χ2n) is 5.94. The lowest BCUT2D eigenvalue weighted by Gasteiger charge is -2.06. The third-order valence-electron chi connectivity index (χ3n) is 4.11. The van der Waals surface area contributed by atoms with Gasteiger partial charge in [-0.2, -0.15) is 0 Å². The molecule has 4 nitrogen and oxygen atoms in total. The number of ether oxygens (including phenoxy) is 1. The number of nitrogens with one attached hydrogen (secondary N) is 1. The first kappa shape index (κ1) is 16.4. The highest BCUT2D eigenvalue weighted by atomic mass is 35.5. The van der Waals surface area contributed by atoms with Crippen molar-refractivity contribution in [1.29, 1.82) is 0 Å². The number of aliphatic imine (C=N–C) groups is 1. The van der Waals surface area contributed by atoms with Crippen molar-refractivity contribution < 1.29 is 9.53 Å². The molecule has 26 heavy (non-hydrogen) atoms. The first-order valence-corrected chi connectivity index (χ1v) is 8.52. The zero-order valence-electron chi connectivity index (χ0n) is 14.0. The van der Waals surface area contributed by atoms with Crippen LogP contribution in [-0.2, 0) is 4.79 Å². The van der Waals surface area contributed by atoms with Crippen LogP contribution in [0.25, 0.3) is 0 Å². The van der Waals surface area contributed by atoms with Crippen LogP contribution < -0.4 is 10.1 Å². The molecule has 3 aromatic carbocycles. The van der Waals surface area contributed by atoms with E-state index < -0.39 is 0 Å². The van der Waals surface area contributed by atoms with Crippen molar-refractivity contribution in [1.82, 2.24) is 0 Å². The van der Waals surface area contributed by atoms with E-state index in [4.69, 9.17) is 16.3 Å². The fraction of sp³-hybridized carbons (Fsp3) is 0.0476. The summed E-state index contributed by atoms with van der Waals surface area (Å²) in [5.74, 6) is 1.21.